The zero-order chi connectivity index (χ0) is 19.9. The summed E-state index contributed by atoms with van der Waals surface area (Å²) in [6, 6.07) is 6.22. The fourth-order valence-electron chi connectivity index (χ4n) is 5.11. The number of hydrogen-bond donors (Lipinski definition) is 2. The van der Waals surface area contributed by atoms with E-state index in [1.165, 1.54) is 16.7 Å². The van der Waals surface area contributed by atoms with Crippen molar-refractivity contribution in [1.82, 2.24) is 15.5 Å². The summed E-state index contributed by atoms with van der Waals surface area (Å²) in [4.78, 5) is 38.6. The van der Waals surface area contributed by atoms with Crippen LogP contribution in [0.15, 0.2) is 18.2 Å². The van der Waals surface area contributed by atoms with Gasteiger partial charge in [0.25, 0.3) is 5.91 Å². The van der Waals surface area contributed by atoms with Crippen LogP contribution >= 0.6 is 0 Å². The SMILES string of the molecule is Cc1ccc(C)c(C2CCN(C(=O)C3CCC4(CC3)NC(=O)NC4=O)CC2)c1. The largest absolute Gasteiger partial charge is 0.342 e. The summed E-state index contributed by atoms with van der Waals surface area (Å²) >= 11 is 0. The fourth-order valence-corrected chi connectivity index (χ4v) is 5.11. The molecular formula is C22H29N3O3. The Balaban J connectivity index is 1.33. The normalized spacial score (nSPS) is 28.4. The van der Waals surface area contributed by atoms with Gasteiger partial charge < -0.3 is 10.2 Å². The van der Waals surface area contributed by atoms with Crippen LogP contribution in [-0.4, -0.2) is 41.4 Å². The molecular weight excluding hydrogens is 354 g/mol. The van der Waals surface area contributed by atoms with E-state index in [1.807, 2.05) is 4.90 Å². The molecule has 150 valence electrons. The molecule has 2 N–H and O–H groups in total. The zero-order valence-electron chi connectivity index (χ0n) is 16.7. The Kier molecular flexibility index (Phi) is 4.89. The molecule has 2 heterocycles. The van der Waals surface area contributed by atoms with Crippen LogP contribution in [-0.2, 0) is 9.59 Å². The van der Waals surface area contributed by atoms with Crippen LogP contribution in [0.4, 0.5) is 4.79 Å². The minimum atomic E-state index is -0.788. The molecule has 0 aromatic heterocycles. The topological polar surface area (TPSA) is 78.5 Å². The molecule has 2 aliphatic heterocycles. The van der Waals surface area contributed by atoms with Crippen molar-refractivity contribution >= 4 is 17.8 Å². The molecule has 1 aliphatic carbocycles. The van der Waals surface area contributed by atoms with Crippen LogP contribution in [0.3, 0.4) is 0 Å². The van der Waals surface area contributed by atoms with Gasteiger partial charge in [-0.3, -0.25) is 14.9 Å². The van der Waals surface area contributed by atoms with Crippen LogP contribution in [0.2, 0.25) is 0 Å². The number of likely N-dealkylation sites (tertiary alicyclic amines) is 1. The Bertz CT molecular complexity index is 803. The van der Waals surface area contributed by atoms with E-state index in [9.17, 15) is 14.4 Å². The number of imide groups is 1. The average molecular weight is 383 g/mol. The third kappa shape index (κ3) is 3.40. The van der Waals surface area contributed by atoms with E-state index >= 15 is 0 Å². The number of carbonyl (C=O) groups is 3. The molecule has 3 aliphatic rings. The summed E-state index contributed by atoms with van der Waals surface area (Å²) in [5.41, 5.74) is 3.27. The number of benzene rings is 1. The van der Waals surface area contributed by atoms with E-state index in [0.29, 0.717) is 31.6 Å². The molecule has 6 heteroatoms. The third-order valence-electron chi connectivity index (χ3n) is 6.88. The van der Waals surface area contributed by atoms with Crippen molar-refractivity contribution in [2.45, 2.75) is 63.8 Å². The number of piperidine rings is 1. The summed E-state index contributed by atoms with van der Waals surface area (Å²) in [7, 11) is 0. The van der Waals surface area contributed by atoms with Crippen LogP contribution in [0.1, 0.15) is 61.1 Å². The molecule has 0 bridgehead atoms. The predicted octanol–water partition coefficient (Wildman–Crippen LogP) is 2.78. The van der Waals surface area contributed by atoms with E-state index in [2.05, 4.69) is 42.7 Å². The predicted molar refractivity (Wildman–Crippen MR) is 106 cm³/mol. The summed E-state index contributed by atoms with van der Waals surface area (Å²) in [5.74, 6) is 0.473. The second-order valence-corrected chi connectivity index (χ2v) is 8.72. The van der Waals surface area contributed by atoms with E-state index in [1.54, 1.807) is 0 Å². The van der Waals surface area contributed by atoms with Crippen molar-refractivity contribution < 1.29 is 14.4 Å². The first kappa shape index (κ1) is 19.0. The van der Waals surface area contributed by atoms with Crippen LogP contribution in [0.5, 0.6) is 0 Å². The summed E-state index contributed by atoms with van der Waals surface area (Å²) in [6.07, 6.45) is 4.41. The number of hydrogen-bond acceptors (Lipinski definition) is 3. The Labute approximate surface area is 166 Å². The van der Waals surface area contributed by atoms with Crippen molar-refractivity contribution in [3.63, 3.8) is 0 Å². The quantitative estimate of drug-likeness (QED) is 0.771. The smallest absolute Gasteiger partial charge is 0.322 e. The maximum Gasteiger partial charge on any atom is 0.322 e. The van der Waals surface area contributed by atoms with Gasteiger partial charge in [0.05, 0.1) is 0 Å². The van der Waals surface area contributed by atoms with Gasteiger partial charge in [0.15, 0.2) is 0 Å². The molecule has 0 unspecified atom stereocenters. The highest BCUT2D eigenvalue weighted by molar-refractivity contribution is 6.07. The van der Waals surface area contributed by atoms with E-state index < -0.39 is 11.6 Å². The lowest BCUT2D eigenvalue weighted by Gasteiger charge is -2.38. The number of urea groups is 1. The van der Waals surface area contributed by atoms with Crippen molar-refractivity contribution in [2.75, 3.05) is 13.1 Å². The first-order valence-electron chi connectivity index (χ1n) is 10.4. The first-order valence-corrected chi connectivity index (χ1v) is 10.4. The van der Waals surface area contributed by atoms with Crippen molar-refractivity contribution in [3.05, 3.63) is 34.9 Å². The number of amides is 4. The Morgan fingerprint density at radius 3 is 2.36 bits per heavy atom. The molecule has 6 nitrogen and oxygen atoms in total. The van der Waals surface area contributed by atoms with Gasteiger partial charge in [-0.2, -0.15) is 0 Å². The van der Waals surface area contributed by atoms with Crippen LogP contribution in [0, 0.1) is 19.8 Å². The maximum atomic E-state index is 13.0. The van der Waals surface area contributed by atoms with Crippen molar-refractivity contribution in [1.29, 1.82) is 0 Å². The average Bonchev–Trinajstić information content (AvgIpc) is 2.96. The molecule has 1 aromatic carbocycles. The van der Waals surface area contributed by atoms with Gasteiger partial charge in [-0.1, -0.05) is 23.8 Å². The maximum absolute atomic E-state index is 13.0. The van der Waals surface area contributed by atoms with Crippen LogP contribution < -0.4 is 10.6 Å². The van der Waals surface area contributed by atoms with E-state index in [-0.39, 0.29) is 17.7 Å². The van der Waals surface area contributed by atoms with Gasteiger partial charge in [-0.25, -0.2) is 4.79 Å². The molecule has 2 saturated heterocycles. The fraction of sp³-hybridized carbons (Fsp3) is 0.591. The number of aryl methyl sites for hydroxylation is 2. The molecule has 1 spiro atoms. The van der Waals surface area contributed by atoms with Gasteiger partial charge in [0.1, 0.15) is 5.54 Å². The van der Waals surface area contributed by atoms with Crippen LogP contribution in [0.25, 0.3) is 0 Å². The third-order valence-corrected chi connectivity index (χ3v) is 6.88. The van der Waals surface area contributed by atoms with Crippen molar-refractivity contribution in [3.8, 4) is 0 Å². The lowest BCUT2D eigenvalue weighted by Crippen LogP contribution is -2.51. The van der Waals surface area contributed by atoms with E-state index in [4.69, 9.17) is 0 Å². The molecule has 3 fully saturated rings. The molecule has 4 amide bonds. The second-order valence-electron chi connectivity index (χ2n) is 8.72. The minimum absolute atomic E-state index is 0.0341. The molecule has 0 radical (unpaired) electrons. The molecule has 1 saturated carbocycles. The standard InChI is InChI=1S/C22H29N3O3/c1-14-3-4-15(2)18(13-14)16-7-11-25(12-8-16)19(26)17-5-9-22(10-6-17)20(27)23-21(28)24-22/h3-4,13,16-17H,5-12H2,1-2H3,(H2,23,24,27,28). The molecule has 28 heavy (non-hydrogen) atoms. The number of rotatable bonds is 2. The van der Waals surface area contributed by atoms with Gasteiger partial charge in [-0.05, 0) is 69.4 Å². The lowest BCUT2D eigenvalue weighted by molar-refractivity contribution is -0.139. The van der Waals surface area contributed by atoms with Gasteiger partial charge in [-0.15, -0.1) is 0 Å². The van der Waals surface area contributed by atoms with Gasteiger partial charge in [0, 0.05) is 19.0 Å². The monoisotopic (exact) mass is 383 g/mol. The Hall–Kier alpha value is -2.37. The molecule has 1 aromatic rings. The number of nitrogens with one attached hydrogen (secondary N) is 2. The Morgan fingerprint density at radius 2 is 1.75 bits per heavy atom. The second kappa shape index (κ2) is 7.22. The summed E-state index contributed by atoms with van der Waals surface area (Å²) in [5, 5.41) is 5.10. The highest BCUT2D eigenvalue weighted by atomic mass is 16.2. The van der Waals surface area contributed by atoms with Gasteiger partial charge >= 0.3 is 6.03 Å². The minimum Gasteiger partial charge on any atom is -0.342 e. The summed E-state index contributed by atoms with van der Waals surface area (Å²) < 4.78 is 0. The Morgan fingerprint density at radius 1 is 1.07 bits per heavy atom. The highest BCUT2D eigenvalue weighted by Crippen LogP contribution is 2.37. The highest BCUT2D eigenvalue weighted by Gasteiger charge is 2.49. The molecule has 4 rings (SSSR count). The van der Waals surface area contributed by atoms with Gasteiger partial charge in [0.2, 0.25) is 5.91 Å². The number of carbonyl (C=O) groups excluding carboxylic acids is 3. The summed E-state index contributed by atoms with van der Waals surface area (Å²) in [6.45, 7) is 5.90. The first-order chi connectivity index (χ1) is 13.4. The van der Waals surface area contributed by atoms with E-state index in [0.717, 1.165) is 25.9 Å². The molecule has 0 atom stereocenters. The zero-order valence-corrected chi connectivity index (χ0v) is 16.7. The van der Waals surface area contributed by atoms with Crippen molar-refractivity contribution in [2.24, 2.45) is 5.92 Å². The lowest BCUT2D eigenvalue weighted by atomic mass is 9.75. The number of nitrogens with zero attached hydrogens (tertiary/aromatic N) is 1.